The topological polar surface area (TPSA) is 85.6 Å². The number of rotatable bonds is 3. The molecule has 4 heterocycles. The minimum atomic E-state index is -0.122. The first-order chi connectivity index (χ1) is 15.4. The van der Waals surface area contributed by atoms with Crippen LogP contribution in [0.15, 0.2) is 18.2 Å². The van der Waals surface area contributed by atoms with Crippen LogP contribution in [0.5, 0.6) is 0 Å². The van der Waals surface area contributed by atoms with Crippen LogP contribution in [0.25, 0.3) is 21.6 Å². The van der Waals surface area contributed by atoms with Gasteiger partial charge < -0.3 is 9.88 Å². The van der Waals surface area contributed by atoms with Crippen LogP contribution in [0, 0.1) is 27.7 Å². The first kappa shape index (κ1) is 20.8. The van der Waals surface area contributed by atoms with Crippen LogP contribution < -0.4 is 5.32 Å². The zero-order chi connectivity index (χ0) is 22.4. The summed E-state index contributed by atoms with van der Waals surface area (Å²) in [6.45, 7) is 8.75. The van der Waals surface area contributed by atoms with E-state index in [-0.39, 0.29) is 5.91 Å². The number of anilines is 1. The molecule has 1 N–H and O–H groups in total. The second-order valence-corrected chi connectivity index (χ2v) is 9.48. The Morgan fingerprint density at radius 2 is 1.91 bits per heavy atom. The summed E-state index contributed by atoms with van der Waals surface area (Å²) in [6, 6.07) is 6.09. The number of hydrogen-bond donors (Lipinski definition) is 1. The van der Waals surface area contributed by atoms with Gasteiger partial charge in [-0.25, -0.2) is 9.97 Å². The monoisotopic (exact) mass is 446 g/mol. The van der Waals surface area contributed by atoms with Crippen LogP contribution in [0.3, 0.4) is 0 Å². The summed E-state index contributed by atoms with van der Waals surface area (Å²) in [6.07, 6.45) is 4.48. The summed E-state index contributed by atoms with van der Waals surface area (Å²) in [5.41, 5.74) is 4.59. The molecule has 1 aliphatic rings. The Morgan fingerprint density at radius 3 is 2.75 bits per heavy atom. The number of amides is 1. The van der Waals surface area contributed by atoms with Gasteiger partial charge in [0, 0.05) is 35.3 Å². The highest BCUT2D eigenvalue weighted by atomic mass is 32.1. The van der Waals surface area contributed by atoms with Gasteiger partial charge in [-0.15, -0.1) is 21.5 Å². The van der Waals surface area contributed by atoms with Crippen molar-refractivity contribution in [2.24, 2.45) is 0 Å². The van der Waals surface area contributed by atoms with E-state index < -0.39 is 0 Å². The van der Waals surface area contributed by atoms with Gasteiger partial charge in [-0.2, -0.15) is 0 Å². The normalized spacial score (nSPS) is 13.8. The Balaban J connectivity index is 1.49. The van der Waals surface area contributed by atoms with E-state index in [1.807, 2.05) is 39.8 Å². The summed E-state index contributed by atoms with van der Waals surface area (Å²) in [4.78, 5) is 23.8. The van der Waals surface area contributed by atoms with Crippen molar-refractivity contribution in [3.05, 3.63) is 51.5 Å². The van der Waals surface area contributed by atoms with E-state index in [1.165, 1.54) is 17.8 Å². The van der Waals surface area contributed by atoms with Crippen LogP contribution in [0.1, 0.15) is 57.4 Å². The lowest BCUT2D eigenvalue weighted by atomic mass is 10.1. The highest BCUT2D eigenvalue weighted by Crippen LogP contribution is 2.33. The molecule has 1 amide bonds. The molecule has 0 saturated carbocycles. The fraction of sp³-hybridized carbons (Fsp3) is 0.375. The maximum absolute atomic E-state index is 13.2. The van der Waals surface area contributed by atoms with Crippen molar-refractivity contribution in [1.29, 1.82) is 0 Å². The molecule has 164 valence electrons. The summed E-state index contributed by atoms with van der Waals surface area (Å²) < 4.78 is 2.23. The lowest BCUT2D eigenvalue weighted by molar-refractivity contribution is 0.103. The molecule has 3 aromatic heterocycles. The van der Waals surface area contributed by atoms with E-state index in [2.05, 4.69) is 36.1 Å². The SMILES string of the molecule is Cc1nc(C)c2c(C)c(C(=O)Nc3cc(-c4nnc5n4CCCCC5)ccc3C)sc2n1. The maximum Gasteiger partial charge on any atom is 0.266 e. The maximum atomic E-state index is 13.2. The third-order valence-corrected chi connectivity index (χ3v) is 7.33. The van der Waals surface area contributed by atoms with Crippen LogP contribution >= 0.6 is 11.3 Å². The Labute approximate surface area is 190 Å². The van der Waals surface area contributed by atoms with Crippen molar-refractivity contribution in [3.63, 3.8) is 0 Å². The average Bonchev–Trinajstić information content (AvgIpc) is 3.21. The molecule has 0 saturated heterocycles. The smallest absolute Gasteiger partial charge is 0.266 e. The van der Waals surface area contributed by atoms with Crippen molar-refractivity contribution in [3.8, 4) is 11.4 Å². The molecule has 8 heteroatoms. The molecule has 0 spiro atoms. The fourth-order valence-corrected chi connectivity index (χ4v) is 5.64. The minimum Gasteiger partial charge on any atom is -0.321 e. The molecular weight excluding hydrogens is 420 g/mol. The molecule has 0 radical (unpaired) electrons. The van der Waals surface area contributed by atoms with Gasteiger partial charge in [-0.1, -0.05) is 18.6 Å². The number of carbonyl (C=O) groups excluding carboxylic acids is 1. The molecule has 0 aliphatic carbocycles. The second-order valence-electron chi connectivity index (χ2n) is 8.48. The molecule has 0 unspecified atom stereocenters. The van der Waals surface area contributed by atoms with Gasteiger partial charge >= 0.3 is 0 Å². The molecule has 32 heavy (non-hydrogen) atoms. The van der Waals surface area contributed by atoms with E-state index in [4.69, 9.17) is 0 Å². The van der Waals surface area contributed by atoms with E-state index >= 15 is 0 Å². The van der Waals surface area contributed by atoms with Crippen molar-refractivity contribution in [1.82, 2.24) is 24.7 Å². The van der Waals surface area contributed by atoms with E-state index in [0.29, 0.717) is 4.88 Å². The standard InChI is InChI=1S/C24H26N6OS/c1-13-9-10-17(22-29-28-19-8-6-5-7-11-30(19)22)12-18(13)27-23(31)21-14(2)20-15(3)25-16(4)26-24(20)32-21/h9-10,12H,5-8,11H2,1-4H3,(H,27,31). The van der Waals surface area contributed by atoms with Gasteiger partial charge in [-0.3, -0.25) is 4.79 Å². The number of carbonyl (C=O) groups is 1. The van der Waals surface area contributed by atoms with Crippen LogP contribution in [-0.4, -0.2) is 30.6 Å². The number of hydrogen-bond acceptors (Lipinski definition) is 6. The zero-order valence-corrected chi connectivity index (χ0v) is 19.6. The number of nitrogens with one attached hydrogen (secondary N) is 1. The molecular formula is C24H26N6OS. The second kappa shape index (κ2) is 8.09. The lowest BCUT2D eigenvalue weighted by Crippen LogP contribution is -2.12. The third kappa shape index (κ3) is 3.58. The zero-order valence-electron chi connectivity index (χ0n) is 18.8. The molecule has 7 nitrogen and oxygen atoms in total. The van der Waals surface area contributed by atoms with E-state index in [9.17, 15) is 4.79 Å². The summed E-state index contributed by atoms with van der Waals surface area (Å²) >= 11 is 1.42. The Bertz CT molecular complexity index is 1350. The van der Waals surface area contributed by atoms with Gasteiger partial charge in [0.05, 0.1) is 4.88 Å². The van der Waals surface area contributed by atoms with Crippen molar-refractivity contribution >= 4 is 33.1 Å². The lowest BCUT2D eigenvalue weighted by Gasteiger charge is -2.12. The first-order valence-electron chi connectivity index (χ1n) is 11.0. The summed E-state index contributed by atoms with van der Waals surface area (Å²) in [7, 11) is 0. The molecule has 5 rings (SSSR count). The highest BCUT2D eigenvalue weighted by Gasteiger charge is 2.21. The van der Waals surface area contributed by atoms with Crippen molar-refractivity contribution < 1.29 is 4.79 Å². The average molecular weight is 447 g/mol. The van der Waals surface area contributed by atoms with E-state index in [1.54, 1.807) is 0 Å². The number of nitrogens with zero attached hydrogens (tertiary/aromatic N) is 5. The molecule has 4 aromatic rings. The number of fused-ring (bicyclic) bond motifs is 2. The van der Waals surface area contributed by atoms with Gasteiger partial charge in [0.25, 0.3) is 5.91 Å². The number of benzene rings is 1. The first-order valence-corrected chi connectivity index (χ1v) is 11.8. The Kier molecular flexibility index (Phi) is 5.25. The van der Waals surface area contributed by atoms with Gasteiger partial charge in [-0.05, 0) is 57.7 Å². The van der Waals surface area contributed by atoms with E-state index in [0.717, 1.165) is 81.6 Å². The van der Waals surface area contributed by atoms with Crippen LogP contribution in [-0.2, 0) is 13.0 Å². The van der Waals surface area contributed by atoms with Crippen LogP contribution in [0.2, 0.25) is 0 Å². The largest absolute Gasteiger partial charge is 0.321 e. The summed E-state index contributed by atoms with van der Waals surface area (Å²) in [5, 5.41) is 13.0. The number of aromatic nitrogens is 5. The van der Waals surface area contributed by atoms with Gasteiger partial charge in [0.1, 0.15) is 16.5 Å². The molecule has 0 fully saturated rings. The van der Waals surface area contributed by atoms with Gasteiger partial charge in [0.2, 0.25) is 0 Å². The van der Waals surface area contributed by atoms with Gasteiger partial charge in [0.15, 0.2) is 5.82 Å². The minimum absolute atomic E-state index is 0.122. The number of aryl methyl sites for hydroxylation is 5. The quantitative estimate of drug-likeness (QED) is 0.470. The third-order valence-electron chi connectivity index (χ3n) is 6.14. The van der Waals surface area contributed by atoms with Crippen molar-refractivity contribution in [2.45, 2.75) is 59.9 Å². The van der Waals surface area contributed by atoms with Crippen molar-refractivity contribution in [2.75, 3.05) is 5.32 Å². The Hall–Kier alpha value is -3.13. The molecule has 1 aromatic carbocycles. The Morgan fingerprint density at radius 1 is 1.06 bits per heavy atom. The predicted octanol–water partition coefficient (Wildman–Crippen LogP) is 5.16. The number of thiophene rings is 1. The predicted molar refractivity (Wildman–Crippen MR) is 127 cm³/mol. The molecule has 0 bridgehead atoms. The highest BCUT2D eigenvalue weighted by molar-refractivity contribution is 7.20. The van der Waals surface area contributed by atoms with Crippen LogP contribution in [0.4, 0.5) is 5.69 Å². The molecule has 1 aliphatic heterocycles. The summed E-state index contributed by atoms with van der Waals surface area (Å²) in [5.74, 6) is 2.52. The fourth-order valence-electron chi connectivity index (χ4n) is 4.46. The molecule has 0 atom stereocenters.